The number of furan rings is 1. The average molecular weight is 514 g/mol. The fourth-order valence-corrected chi connectivity index (χ4v) is 4.59. The molecule has 0 N–H and O–H groups in total. The highest BCUT2D eigenvalue weighted by Gasteiger charge is 2.25. The predicted octanol–water partition coefficient (Wildman–Crippen LogP) is 5.19. The van der Waals surface area contributed by atoms with Gasteiger partial charge in [0.15, 0.2) is 0 Å². The zero-order valence-electron chi connectivity index (χ0n) is 20.8. The molecule has 0 unspecified atom stereocenters. The Labute approximate surface area is 211 Å². The van der Waals surface area contributed by atoms with Gasteiger partial charge in [0.25, 0.3) is 0 Å². The van der Waals surface area contributed by atoms with Crippen molar-refractivity contribution < 1.29 is 31.3 Å². The van der Waals surface area contributed by atoms with Gasteiger partial charge in [-0.15, -0.1) is 0 Å². The van der Waals surface area contributed by atoms with Gasteiger partial charge in [-0.3, -0.25) is 4.79 Å². The van der Waals surface area contributed by atoms with Gasteiger partial charge < -0.3 is 18.2 Å². The first-order chi connectivity index (χ1) is 17.0. The Balaban J connectivity index is 1.76. The molecular weight excluding hydrogens is 482 g/mol. The van der Waals surface area contributed by atoms with Crippen LogP contribution in [0, 0.1) is 5.92 Å². The second-order valence-corrected chi connectivity index (χ2v) is 10.6. The van der Waals surface area contributed by atoms with Crippen molar-refractivity contribution in [1.82, 2.24) is 4.90 Å². The Hall–Kier alpha value is -3.59. The molecule has 0 saturated carbocycles. The Morgan fingerprint density at radius 1 is 0.917 bits per heavy atom. The number of hydrogen-bond donors (Lipinski definition) is 0. The van der Waals surface area contributed by atoms with Crippen molar-refractivity contribution >= 4 is 22.0 Å². The van der Waals surface area contributed by atoms with E-state index in [4.69, 9.17) is 13.3 Å². The van der Waals surface area contributed by atoms with E-state index in [2.05, 4.69) is 0 Å². The molecule has 192 valence electrons. The van der Waals surface area contributed by atoms with Gasteiger partial charge in [0.2, 0.25) is 5.91 Å². The highest BCUT2D eigenvalue weighted by Crippen LogP contribution is 2.24. The van der Waals surface area contributed by atoms with Gasteiger partial charge in [-0.2, -0.15) is 8.42 Å². The van der Waals surface area contributed by atoms with Crippen LogP contribution in [0.3, 0.4) is 0 Å². The third-order valence-electron chi connectivity index (χ3n) is 5.08. The summed E-state index contributed by atoms with van der Waals surface area (Å²) in [6.07, 6.45) is 1.56. The third-order valence-corrected chi connectivity index (χ3v) is 6.39. The van der Waals surface area contributed by atoms with E-state index < -0.39 is 22.2 Å². The molecule has 0 fully saturated rings. The summed E-state index contributed by atoms with van der Waals surface area (Å²) in [7, 11) is -4.30. The summed E-state index contributed by atoms with van der Waals surface area (Å²) in [5, 5.41) is 0. The number of amides is 1. The quantitative estimate of drug-likeness (QED) is 0.257. The van der Waals surface area contributed by atoms with Gasteiger partial charge in [-0.25, -0.2) is 4.79 Å². The molecule has 0 aliphatic carbocycles. The Kier molecular flexibility index (Phi) is 8.93. The number of rotatable bonds is 11. The Morgan fingerprint density at radius 3 is 2.22 bits per heavy atom. The fourth-order valence-electron chi connectivity index (χ4n) is 3.47. The molecule has 0 aliphatic rings. The Morgan fingerprint density at radius 2 is 1.61 bits per heavy atom. The Bertz CT molecular complexity index is 1260. The molecule has 3 rings (SSSR count). The number of nitrogens with zero attached hydrogens (tertiary/aromatic N) is 1. The number of carbonyl (C=O) groups excluding carboxylic acids is 2. The van der Waals surface area contributed by atoms with E-state index in [1.54, 1.807) is 49.3 Å². The number of carbonyl (C=O) groups is 2. The summed E-state index contributed by atoms with van der Waals surface area (Å²) in [5.41, 5.74) is 0.698. The molecule has 0 bridgehead atoms. The SMILES string of the molecule is CC(C)CC(=O)N(Cc1ccc(OS(=O)(=O)c2ccccc2C(=O)OC(C)C)cc1)Cc1ccco1. The van der Waals surface area contributed by atoms with E-state index in [1.165, 1.54) is 30.3 Å². The second kappa shape index (κ2) is 11.9. The van der Waals surface area contributed by atoms with Crippen LogP contribution in [0.2, 0.25) is 0 Å². The van der Waals surface area contributed by atoms with Crippen molar-refractivity contribution in [1.29, 1.82) is 0 Å². The molecule has 0 radical (unpaired) electrons. The van der Waals surface area contributed by atoms with Crippen LogP contribution in [0.25, 0.3) is 0 Å². The average Bonchev–Trinajstić information content (AvgIpc) is 3.32. The normalized spacial score (nSPS) is 11.5. The number of benzene rings is 2. The molecule has 1 heterocycles. The molecule has 1 aromatic heterocycles. The van der Waals surface area contributed by atoms with Crippen molar-refractivity contribution in [3.05, 3.63) is 83.8 Å². The molecule has 0 atom stereocenters. The maximum atomic E-state index is 13.0. The number of esters is 1. The highest BCUT2D eigenvalue weighted by molar-refractivity contribution is 7.87. The zero-order valence-corrected chi connectivity index (χ0v) is 21.7. The van der Waals surface area contributed by atoms with E-state index in [1.807, 2.05) is 19.9 Å². The highest BCUT2D eigenvalue weighted by atomic mass is 32.2. The standard InChI is InChI=1S/C27H31NO7S/c1-19(2)16-26(29)28(18-23-8-7-15-33-23)17-21-11-13-22(14-12-21)35-36(31,32)25-10-6-5-9-24(25)27(30)34-20(3)4/h5-15,19-20H,16-18H2,1-4H3. The van der Waals surface area contributed by atoms with Crippen LogP contribution in [-0.4, -0.2) is 31.3 Å². The molecule has 0 saturated heterocycles. The van der Waals surface area contributed by atoms with Crippen LogP contribution < -0.4 is 4.18 Å². The van der Waals surface area contributed by atoms with E-state index in [0.717, 1.165) is 5.56 Å². The largest absolute Gasteiger partial charge is 0.467 e. The van der Waals surface area contributed by atoms with Crippen molar-refractivity contribution in [2.75, 3.05) is 0 Å². The molecule has 9 heteroatoms. The van der Waals surface area contributed by atoms with Crippen LogP contribution in [0.4, 0.5) is 0 Å². The van der Waals surface area contributed by atoms with E-state index in [0.29, 0.717) is 25.3 Å². The summed E-state index contributed by atoms with van der Waals surface area (Å²) in [4.78, 5) is 26.6. The van der Waals surface area contributed by atoms with Gasteiger partial charge in [-0.05, 0) is 61.7 Å². The summed E-state index contributed by atoms with van der Waals surface area (Å²) in [5.74, 6) is 0.211. The van der Waals surface area contributed by atoms with Crippen molar-refractivity contribution in [3.8, 4) is 5.75 Å². The van der Waals surface area contributed by atoms with Gasteiger partial charge in [0.05, 0.1) is 24.5 Å². The van der Waals surface area contributed by atoms with Crippen LogP contribution in [0.1, 0.15) is 55.8 Å². The smallest absolute Gasteiger partial charge is 0.340 e. The van der Waals surface area contributed by atoms with E-state index >= 15 is 0 Å². The lowest BCUT2D eigenvalue weighted by Gasteiger charge is -2.23. The molecule has 36 heavy (non-hydrogen) atoms. The molecule has 1 amide bonds. The zero-order chi connectivity index (χ0) is 26.3. The molecule has 0 spiro atoms. The van der Waals surface area contributed by atoms with E-state index in [9.17, 15) is 18.0 Å². The minimum absolute atomic E-state index is 0.00537. The van der Waals surface area contributed by atoms with Crippen LogP contribution in [0.15, 0.2) is 76.2 Å². The maximum absolute atomic E-state index is 13.0. The summed E-state index contributed by atoms with van der Waals surface area (Å²) < 4.78 is 41.8. The monoisotopic (exact) mass is 513 g/mol. The van der Waals surface area contributed by atoms with Crippen LogP contribution in [0.5, 0.6) is 5.75 Å². The summed E-state index contributed by atoms with van der Waals surface area (Å²) in [6, 6.07) is 15.7. The molecule has 0 aliphatic heterocycles. The number of hydrogen-bond acceptors (Lipinski definition) is 7. The summed E-state index contributed by atoms with van der Waals surface area (Å²) >= 11 is 0. The second-order valence-electron chi connectivity index (χ2n) is 9.06. The van der Waals surface area contributed by atoms with Gasteiger partial charge in [0.1, 0.15) is 16.4 Å². The maximum Gasteiger partial charge on any atom is 0.340 e. The van der Waals surface area contributed by atoms with E-state index in [-0.39, 0.29) is 28.0 Å². The fraction of sp³-hybridized carbons (Fsp3) is 0.333. The van der Waals surface area contributed by atoms with Gasteiger partial charge >= 0.3 is 16.1 Å². The third kappa shape index (κ3) is 7.45. The number of ether oxygens (including phenoxy) is 1. The molecule has 2 aromatic carbocycles. The topological polar surface area (TPSA) is 103 Å². The summed E-state index contributed by atoms with van der Waals surface area (Å²) in [6.45, 7) is 7.97. The first kappa shape index (κ1) is 27.0. The lowest BCUT2D eigenvalue weighted by Crippen LogP contribution is -2.30. The van der Waals surface area contributed by atoms with Crippen molar-refractivity contribution in [3.63, 3.8) is 0 Å². The van der Waals surface area contributed by atoms with Gasteiger partial charge in [-0.1, -0.05) is 38.1 Å². The lowest BCUT2D eigenvalue weighted by atomic mass is 10.1. The minimum atomic E-state index is -4.30. The predicted molar refractivity (Wildman–Crippen MR) is 134 cm³/mol. The molecular formula is C27H31NO7S. The van der Waals surface area contributed by atoms with Crippen molar-refractivity contribution in [2.45, 2.75) is 58.2 Å². The molecule has 8 nitrogen and oxygen atoms in total. The van der Waals surface area contributed by atoms with Crippen LogP contribution >= 0.6 is 0 Å². The van der Waals surface area contributed by atoms with Gasteiger partial charge in [0, 0.05) is 13.0 Å². The lowest BCUT2D eigenvalue weighted by molar-refractivity contribution is -0.133. The first-order valence-electron chi connectivity index (χ1n) is 11.7. The molecule has 3 aromatic rings. The first-order valence-corrected chi connectivity index (χ1v) is 13.1. The van der Waals surface area contributed by atoms with Crippen LogP contribution in [-0.2, 0) is 32.7 Å². The minimum Gasteiger partial charge on any atom is -0.467 e. The van der Waals surface area contributed by atoms with Crippen molar-refractivity contribution in [2.24, 2.45) is 5.92 Å².